The van der Waals surface area contributed by atoms with Crippen LogP contribution >= 0.6 is 23.4 Å². The van der Waals surface area contributed by atoms with Gasteiger partial charge in [-0.2, -0.15) is 9.78 Å². The lowest BCUT2D eigenvalue weighted by Crippen LogP contribution is -2.23. The highest BCUT2D eigenvalue weighted by molar-refractivity contribution is 7.99. The van der Waals surface area contributed by atoms with Gasteiger partial charge >= 0.3 is 0 Å². The fourth-order valence-corrected chi connectivity index (χ4v) is 3.80. The first-order valence-corrected chi connectivity index (χ1v) is 10.8. The number of benzene rings is 3. The van der Waals surface area contributed by atoms with E-state index in [-0.39, 0.29) is 17.3 Å². The number of halogens is 2. The molecule has 0 unspecified atom stereocenters. The minimum atomic E-state index is -0.315. The van der Waals surface area contributed by atoms with Crippen LogP contribution in [-0.2, 0) is 6.54 Å². The van der Waals surface area contributed by atoms with E-state index in [9.17, 15) is 14.0 Å². The molecule has 8 heteroatoms. The van der Waals surface area contributed by atoms with Gasteiger partial charge in [0, 0.05) is 28.1 Å². The molecular formula is C24H17ClFN3O2S. The second-order valence-electron chi connectivity index (χ2n) is 6.83. The van der Waals surface area contributed by atoms with Crippen LogP contribution in [0.5, 0.6) is 0 Å². The summed E-state index contributed by atoms with van der Waals surface area (Å²) < 4.78 is 14.4. The van der Waals surface area contributed by atoms with Gasteiger partial charge in [0.1, 0.15) is 10.8 Å². The molecule has 1 heterocycles. The maximum atomic E-state index is 13.1. The van der Waals surface area contributed by atoms with Gasteiger partial charge in [-0.1, -0.05) is 35.5 Å². The first-order valence-electron chi connectivity index (χ1n) is 9.65. The Labute approximate surface area is 192 Å². The standard InChI is InChI=1S/C24H17ClFN3O2S/c25-18-5-1-16(2-6-18)15-27-24(31)17-3-9-20(10-4-17)29-23(30)14-13-22(28-29)32-21-11-7-19(26)8-12-21/h1-14H,15H2,(H,27,31). The molecule has 4 rings (SSSR count). The largest absolute Gasteiger partial charge is 0.348 e. The predicted octanol–water partition coefficient (Wildman–Crippen LogP) is 5.11. The van der Waals surface area contributed by atoms with Crippen molar-refractivity contribution in [2.24, 2.45) is 0 Å². The first kappa shape index (κ1) is 21.8. The van der Waals surface area contributed by atoms with E-state index in [0.717, 1.165) is 10.5 Å². The Balaban J connectivity index is 1.47. The van der Waals surface area contributed by atoms with Crippen LogP contribution in [0.3, 0.4) is 0 Å². The molecule has 4 aromatic rings. The van der Waals surface area contributed by atoms with Crippen LogP contribution in [-0.4, -0.2) is 15.7 Å². The summed E-state index contributed by atoms with van der Waals surface area (Å²) in [6, 6.07) is 22.9. The number of amides is 1. The number of aromatic nitrogens is 2. The van der Waals surface area contributed by atoms with Crippen LogP contribution in [0.2, 0.25) is 5.02 Å². The third-order valence-corrected chi connectivity index (χ3v) is 5.74. The highest BCUT2D eigenvalue weighted by Gasteiger charge is 2.09. The molecule has 3 aromatic carbocycles. The first-order chi connectivity index (χ1) is 15.5. The lowest BCUT2D eigenvalue weighted by atomic mass is 10.1. The molecule has 1 N–H and O–H groups in total. The third-order valence-electron chi connectivity index (χ3n) is 4.55. The fraction of sp³-hybridized carbons (Fsp3) is 0.0417. The quantitative estimate of drug-likeness (QED) is 0.430. The molecule has 1 amide bonds. The zero-order valence-corrected chi connectivity index (χ0v) is 18.2. The second-order valence-corrected chi connectivity index (χ2v) is 8.36. The van der Waals surface area contributed by atoms with Crippen LogP contribution in [0, 0.1) is 5.82 Å². The van der Waals surface area contributed by atoms with Crippen LogP contribution in [0.25, 0.3) is 5.69 Å². The normalized spacial score (nSPS) is 10.7. The van der Waals surface area contributed by atoms with Crippen LogP contribution in [0.4, 0.5) is 4.39 Å². The lowest BCUT2D eigenvalue weighted by Gasteiger charge is -2.09. The SMILES string of the molecule is O=C(NCc1ccc(Cl)cc1)c1ccc(-n2nc(Sc3ccc(F)cc3)ccc2=O)cc1. The zero-order chi connectivity index (χ0) is 22.5. The van der Waals surface area contributed by atoms with E-state index >= 15 is 0 Å². The minimum Gasteiger partial charge on any atom is -0.348 e. The average Bonchev–Trinajstić information content (AvgIpc) is 2.81. The zero-order valence-electron chi connectivity index (χ0n) is 16.7. The van der Waals surface area contributed by atoms with Crippen molar-refractivity contribution in [1.29, 1.82) is 0 Å². The van der Waals surface area contributed by atoms with Gasteiger partial charge in [-0.15, -0.1) is 0 Å². The summed E-state index contributed by atoms with van der Waals surface area (Å²) in [6.07, 6.45) is 0. The molecular weight excluding hydrogens is 449 g/mol. The van der Waals surface area contributed by atoms with Crippen molar-refractivity contribution in [2.45, 2.75) is 16.5 Å². The molecule has 0 aliphatic heterocycles. The topological polar surface area (TPSA) is 64.0 Å². The molecule has 0 aliphatic carbocycles. The van der Waals surface area contributed by atoms with Crippen molar-refractivity contribution in [3.8, 4) is 5.69 Å². The van der Waals surface area contributed by atoms with Crippen LogP contribution < -0.4 is 10.9 Å². The highest BCUT2D eigenvalue weighted by atomic mass is 35.5. The van der Waals surface area contributed by atoms with Crippen LogP contribution in [0.15, 0.2) is 99.6 Å². The molecule has 1 aromatic heterocycles. The number of rotatable bonds is 6. The minimum absolute atomic E-state index is 0.229. The summed E-state index contributed by atoms with van der Waals surface area (Å²) in [6.45, 7) is 0.376. The van der Waals surface area contributed by atoms with Crippen molar-refractivity contribution < 1.29 is 9.18 Å². The molecule has 5 nitrogen and oxygen atoms in total. The Bertz CT molecular complexity index is 1290. The molecule has 0 spiro atoms. The van der Waals surface area contributed by atoms with Gasteiger partial charge in [0.2, 0.25) is 0 Å². The summed E-state index contributed by atoms with van der Waals surface area (Å²) in [4.78, 5) is 25.6. The number of nitrogens with zero attached hydrogens (tertiary/aromatic N) is 2. The maximum absolute atomic E-state index is 13.1. The van der Waals surface area contributed by atoms with E-state index in [0.29, 0.717) is 27.8 Å². The number of carbonyl (C=O) groups is 1. The van der Waals surface area contributed by atoms with Crippen molar-refractivity contribution >= 4 is 29.3 Å². The molecule has 32 heavy (non-hydrogen) atoms. The number of carbonyl (C=O) groups excluding carboxylic acids is 1. The van der Waals surface area contributed by atoms with E-state index < -0.39 is 0 Å². The van der Waals surface area contributed by atoms with Gasteiger partial charge in [-0.3, -0.25) is 9.59 Å². The highest BCUT2D eigenvalue weighted by Crippen LogP contribution is 2.25. The van der Waals surface area contributed by atoms with Crippen molar-refractivity contribution in [1.82, 2.24) is 15.1 Å². The average molecular weight is 466 g/mol. The van der Waals surface area contributed by atoms with Gasteiger partial charge in [0.05, 0.1) is 5.69 Å². The summed E-state index contributed by atoms with van der Waals surface area (Å²) >= 11 is 7.19. The van der Waals surface area contributed by atoms with E-state index in [1.807, 2.05) is 12.1 Å². The molecule has 0 aliphatic rings. The Kier molecular flexibility index (Phi) is 6.68. The molecule has 0 fully saturated rings. The molecule has 0 atom stereocenters. The Hall–Kier alpha value is -3.42. The van der Waals surface area contributed by atoms with Crippen LogP contribution in [0.1, 0.15) is 15.9 Å². The van der Waals surface area contributed by atoms with E-state index in [1.165, 1.54) is 34.6 Å². The van der Waals surface area contributed by atoms with Gasteiger partial charge in [0.25, 0.3) is 11.5 Å². The smallest absolute Gasteiger partial charge is 0.271 e. The number of hydrogen-bond donors (Lipinski definition) is 1. The Morgan fingerprint density at radius 2 is 1.62 bits per heavy atom. The molecule has 0 saturated heterocycles. The van der Waals surface area contributed by atoms with Gasteiger partial charge in [0.15, 0.2) is 0 Å². The number of hydrogen-bond acceptors (Lipinski definition) is 4. The van der Waals surface area contributed by atoms with Crippen molar-refractivity contribution in [3.63, 3.8) is 0 Å². The molecule has 0 bridgehead atoms. The van der Waals surface area contributed by atoms with Gasteiger partial charge in [-0.05, 0) is 72.3 Å². The Morgan fingerprint density at radius 3 is 2.31 bits per heavy atom. The van der Waals surface area contributed by atoms with Crippen molar-refractivity contribution in [2.75, 3.05) is 0 Å². The van der Waals surface area contributed by atoms with Crippen molar-refractivity contribution in [3.05, 3.63) is 117 Å². The van der Waals surface area contributed by atoms with E-state index in [2.05, 4.69) is 10.4 Å². The summed E-state index contributed by atoms with van der Waals surface area (Å²) in [7, 11) is 0. The summed E-state index contributed by atoms with van der Waals surface area (Å²) in [5.41, 5.74) is 1.64. The second kappa shape index (κ2) is 9.80. The maximum Gasteiger partial charge on any atom is 0.271 e. The summed E-state index contributed by atoms with van der Waals surface area (Å²) in [5.74, 6) is -0.544. The summed E-state index contributed by atoms with van der Waals surface area (Å²) in [5, 5.41) is 8.45. The third kappa shape index (κ3) is 5.43. The van der Waals surface area contributed by atoms with E-state index in [1.54, 1.807) is 54.6 Å². The van der Waals surface area contributed by atoms with Gasteiger partial charge in [-0.25, -0.2) is 4.39 Å². The monoisotopic (exact) mass is 465 g/mol. The fourth-order valence-electron chi connectivity index (χ4n) is 2.90. The number of nitrogens with one attached hydrogen (secondary N) is 1. The molecule has 0 saturated carbocycles. The lowest BCUT2D eigenvalue weighted by molar-refractivity contribution is 0.0951. The van der Waals surface area contributed by atoms with E-state index in [4.69, 9.17) is 11.6 Å². The Morgan fingerprint density at radius 1 is 0.938 bits per heavy atom. The predicted molar refractivity (Wildman–Crippen MR) is 123 cm³/mol. The van der Waals surface area contributed by atoms with Gasteiger partial charge < -0.3 is 5.32 Å². The molecule has 160 valence electrons. The molecule has 0 radical (unpaired) electrons.